The highest BCUT2D eigenvalue weighted by atomic mass is 32.2. The third-order valence-electron chi connectivity index (χ3n) is 2.86. The Kier molecular flexibility index (Phi) is 5.17. The van der Waals surface area contributed by atoms with E-state index in [2.05, 4.69) is 4.72 Å². The third kappa shape index (κ3) is 4.78. The van der Waals surface area contributed by atoms with Gasteiger partial charge < -0.3 is 9.84 Å². The average molecular weight is 251 g/mol. The molecule has 5 nitrogen and oxygen atoms in total. The Morgan fingerprint density at radius 3 is 2.56 bits per heavy atom. The van der Waals surface area contributed by atoms with Crippen LogP contribution in [0.1, 0.15) is 32.6 Å². The molecule has 0 aromatic carbocycles. The minimum Gasteiger partial charge on any atom is -0.389 e. The van der Waals surface area contributed by atoms with Crippen molar-refractivity contribution in [1.29, 1.82) is 0 Å². The van der Waals surface area contributed by atoms with Gasteiger partial charge in [0, 0.05) is 13.2 Å². The average Bonchev–Trinajstić information content (AvgIpc) is 2.64. The summed E-state index contributed by atoms with van der Waals surface area (Å²) in [7, 11) is -3.31. The van der Waals surface area contributed by atoms with Crippen LogP contribution in [-0.4, -0.2) is 44.6 Å². The minimum atomic E-state index is -3.31. The summed E-state index contributed by atoms with van der Waals surface area (Å²) in [5, 5.41) is 9.97. The normalized spacial score (nSPS) is 20.1. The highest BCUT2D eigenvalue weighted by Crippen LogP contribution is 2.28. The van der Waals surface area contributed by atoms with E-state index in [1.165, 1.54) is 0 Å². The van der Waals surface area contributed by atoms with Crippen LogP contribution in [0.15, 0.2) is 0 Å². The molecule has 2 N–H and O–H groups in total. The van der Waals surface area contributed by atoms with Crippen LogP contribution >= 0.6 is 0 Å². The van der Waals surface area contributed by atoms with Crippen molar-refractivity contribution in [3.05, 3.63) is 0 Å². The van der Waals surface area contributed by atoms with Gasteiger partial charge in [-0.2, -0.15) is 0 Å². The van der Waals surface area contributed by atoms with E-state index in [4.69, 9.17) is 4.74 Å². The number of aliphatic hydroxyl groups is 1. The summed E-state index contributed by atoms with van der Waals surface area (Å²) in [6.45, 7) is 2.66. The summed E-state index contributed by atoms with van der Waals surface area (Å²) in [6.07, 6.45) is 3.30. The second-order valence-corrected chi connectivity index (χ2v) is 6.19. The fourth-order valence-electron chi connectivity index (χ4n) is 1.84. The van der Waals surface area contributed by atoms with Gasteiger partial charge in [0.25, 0.3) is 0 Å². The van der Waals surface area contributed by atoms with E-state index < -0.39 is 15.6 Å². The lowest BCUT2D eigenvalue weighted by atomic mass is 10.0. The molecule has 0 saturated heterocycles. The number of nitrogens with one attached hydrogen (secondary N) is 1. The molecule has 1 aliphatic carbocycles. The summed E-state index contributed by atoms with van der Waals surface area (Å²) in [5.74, 6) is -0.0447. The van der Waals surface area contributed by atoms with E-state index in [1.807, 2.05) is 6.92 Å². The predicted octanol–water partition coefficient (Wildman–Crippen LogP) is 0.247. The Hall–Kier alpha value is -0.170. The van der Waals surface area contributed by atoms with Crippen LogP contribution < -0.4 is 4.72 Å². The van der Waals surface area contributed by atoms with Crippen molar-refractivity contribution in [2.75, 3.05) is 25.5 Å². The Bertz CT molecular complexity index is 296. The minimum absolute atomic E-state index is 0.0447. The van der Waals surface area contributed by atoms with Gasteiger partial charge in [-0.25, -0.2) is 13.1 Å². The van der Waals surface area contributed by atoms with Crippen molar-refractivity contribution in [2.45, 2.75) is 38.2 Å². The Labute approximate surface area is 97.2 Å². The van der Waals surface area contributed by atoms with Crippen molar-refractivity contribution in [3.8, 4) is 0 Å². The molecule has 0 radical (unpaired) electrons. The van der Waals surface area contributed by atoms with Crippen molar-refractivity contribution in [1.82, 2.24) is 4.72 Å². The maximum Gasteiger partial charge on any atom is 0.213 e. The van der Waals surface area contributed by atoms with E-state index in [9.17, 15) is 13.5 Å². The molecule has 0 aromatic heterocycles. The number of sulfonamides is 1. The molecule has 0 bridgehead atoms. The first kappa shape index (κ1) is 13.9. The highest BCUT2D eigenvalue weighted by Gasteiger charge is 2.32. The zero-order chi connectivity index (χ0) is 12.1. The lowest BCUT2D eigenvalue weighted by molar-refractivity contribution is 0.0531. The van der Waals surface area contributed by atoms with Gasteiger partial charge in [0.1, 0.15) is 0 Å². The van der Waals surface area contributed by atoms with Gasteiger partial charge in [-0.1, -0.05) is 12.8 Å². The maximum atomic E-state index is 11.5. The standard InChI is InChI=1S/C10H21NO4S/c1-2-15-7-8-16(13,14)11-9-10(12)5-3-4-6-10/h11-12H,2-9H2,1H3. The number of hydrogen-bond donors (Lipinski definition) is 2. The lowest BCUT2D eigenvalue weighted by Crippen LogP contribution is -2.42. The summed E-state index contributed by atoms with van der Waals surface area (Å²) in [6, 6.07) is 0. The Morgan fingerprint density at radius 1 is 1.38 bits per heavy atom. The molecular weight excluding hydrogens is 230 g/mol. The van der Waals surface area contributed by atoms with Gasteiger partial charge in [0.05, 0.1) is 18.0 Å². The van der Waals surface area contributed by atoms with E-state index in [-0.39, 0.29) is 18.9 Å². The van der Waals surface area contributed by atoms with Gasteiger partial charge in [-0.3, -0.25) is 0 Å². The highest BCUT2D eigenvalue weighted by molar-refractivity contribution is 7.89. The summed E-state index contributed by atoms with van der Waals surface area (Å²) in [4.78, 5) is 0. The SMILES string of the molecule is CCOCCS(=O)(=O)NCC1(O)CCCC1. The first-order valence-corrected chi connectivity index (χ1v) is 7.40. The van der Waals surface area contributed by atoms with Crippen LogP contribution in [0.4, 0.5) is 0 Å². The number of rotatable bonds is 7. The number of ether oxygens (including phenoxy) is 1. The van der Waals surface area contributed by atoms with Gasteiger partial charge in [-0.05, 0) is 19.8 Å². The summed E-state index contributed by atoms with van der Waals surface area (Å²) >= 11 is 0. The van der Waals surface area contributed by atoms with E-state index in [1.54, 1.807) is 0 Å². The molecule has 0 aliphatic heterocycles. The van der Waals surface area contributed by atoms with Crippen LogP contribution in [0.5, 0.6) is 0 Å². The van der Waals surface area contributed by atoms with Gasteiger partial charge in [0.2, 0.25) is 10.0 Å². The fraction of sp³-hybridized carbons (Fsp3) is 1.00. The van der Waals surface area contributed by atoms with Crippen LogP contribution in [0.2, 0.25) is 0 Å². The van der Waals surface area contributed by atoms with Gasteiger partial charge in [0.15, 0.2) is 0 Å². The largest absolute Gasteiger partial charge is 0.389 e. The lowest BCUT2D eigenvalue weighted by Gasteiger charge is -2.22. The van der Waals surface area contributed by atoms with Crippen LogP contribution in [0.3, 0.4) is 0 Å². The van der Waals surface area contributed by atoms with Crippen molar-refractivity contribution < 1.29 is 18.3 Å². The summed E-state index contributed by atoms with van der Waals surface area (Å²) in [5.41, 5.74) is -0.835. The predicted molar refractivity (Wildman–Crippen MR) is 61.7 cm³/mol. The molecule has 1 rings (SSSR count). The molecule has 1 fully saturated rings. The molecule has 0 atom stereocenters. The Balaban J connectivity index is 2.30. The maximum absolute atomic E-state index is 11.5. The van der Waals surface area contributed by atoms with Crippen molar-refractivity contribution in [2.24, 2.45) is 0 Å². The van der Waals surface area contributed by atoms with Crippen LogP contribution in [-0.2, 0) is 14.8 Å². The monoisotopic (exact) mass is 251 g/mol. The fourth-order valence-corrected chi connectivity index (χ4v) is 2.81. The first-order chi connectivity index (χ1) is 7.47. The zero-order valence-corrected chi connectivity index (χ0v) is 10.6. The Morgan fingerprint density at radius 2 is 2.00 bits per heavy atom. The van der Waals surface area contributed by atoms with Crippen LogP contribution in [0.25, 0.3) is 0 Å². The van der Waals surface area contributed by atoms with Crippen LogP contribution in [0, 0.1) is 0 Å². The number of hydrogen-bond acceptors (Lipinski definition) is 4. The van der Waals surface area contributed by atoms with Crippen molar-refractivity contribution >= 4 is 10.0 Å². The molecule has 0 heterocycles. The van der Waals surface area contributed by atoms with Crippen molar-refractivity contribution in [3.63, 3.8) is 0 Å². The molecule has 0 amide bonds. The quantitative estimate of drug-likeness (QED) is 0.636. The van der Waals surface area contributed by atoms with E-state index in [0.29, 0.717) is 19.4 Å². The zero-order valence-electron chi connectivity index (χ0n) is 9.74. The molecule has 0 spiro atoms. The van der Waals surface area contributed by atoms with Gasteiger partial charge >= 0.3 is 0 Å². The topological polar surface area (TPSA) is 75.6 Å². The van der Waals surface area contributed by atoms with Gasteiger partial charge in [-0.15, -0.1) is 0 Å². The molecule has 1 saturated carbocycles. The summed E-state index contributed by atoms with van der Waals surface area (Å²) < 4.78 is 30.4. The smallest absolute Gasteiger partial charge is 0.213 e. The van der Waals surface area contributed by atoms with E-state index >= 15 is 0 Å². The molecule has 0 aromatic rings. The molecule has 16 heavy (non-hydrogen) atoms. The molecule has 96 valence electrons. The molecule has 6 heteroatoms. The molecule has 0 unspecified atom stereocenters. The molecule has 1 aliphatic rings. The third-order valence-corrected chi connectivity index (χ3v) is 4.14. The molecular formula is C10H21NO4S. The van der Waals surface area contributed by atoms with E-state index in [0.717, 1.165) is 12.8 Å². The second-order valence-electron chi connectivity index (χ2n) is 4.27. The second kappa shape index (κ2) is 5.95. The first-order valence-electron chi connectivity index (χ1n) is 5.75.